The van der Waals surface area contributed by atoms with E-state index >= 15 is 0 Å². The quantitative estimate of drug-likeness (QED) is 0.172. The molecule has 1 saturated carbocycles. The van der Waals surface area contributed by atoms with E-state index in [0.29, 0.717) is 48.5 Å². The fourth-order valence-electron chi connectivity index (χ4n) is 7.47. The number of carbonyl (C=O) groups is 3. The van der Waals surface area contributed by atoms with Crippen molar-refractivity contribution in [2.45, 2.75) is 85.0 Å². The summed E-state index contributed by atoms with van der Waals surface area (Å²) < 4.78 is 5.43. The third kappa shape index (κ3) is 5.68. The lowest BCUT2D eigenvalue weighted by atomic mass is 9.71. The van der Waals surface area contributed by atoms with Crippen LogP contribution in [-0.2, 0) is 25.5 Å². The van der Waals surface area contributed by atoms with E-state index in [-0.39, 0.29) is 35.8 Å². The second-order valence-electron chi connectivity index (χ2n) is 12.2. The number of esters is 1. The fourth-order valence-corrected chi connectivity index (χ4v) is 7.47. The summed E-state index contributed by atoms with van der Waals surface area (Å²) >= 11 is 0. The van der Waals surface area contributed by atoms with Crippen molar-refractivity contribution in [3.05, 3.63) is 75.6 Å². The number of rotatable bonds is 10. The molecule has 6 heteroatoms. The lowest BCUT2D eigenvalue weighted by molar-refractivity contribution is -0.144. The second-order valence-corrected chi connectivity index (χ2v) is 12.2. The van der Waals surface area contributed by atoms with Gasteiger partial charge in [0, 0.05) is 18.4 Å². The first-order valence-corrected chi connectivity index (χ1v) is 15.5. The summed E-state index contributed by atoms with van der Waals surface area (Å²) in [6.45, 7) is 6.51. The number of Topliss-reactive ketones (excluding diaryl/α,β-unsaturated/α-hetero) is 1. The summed E-state index contributed by atoms with van der Waals surface area (Å²) in [7, 11) is 0. The number of aryl methyl sites for hydroxylation is 2. The highest BCUT2D eigenvalue weighted by Gasteiger charge is 2.46. The van der Waals surface area contributed by atoms with Crippen molar-refractivity contribution in [3.8, 4) is 11.1 Å². The van der Waals surface area contributed by atoms with Gasteiger partial charge in [0.2, 0.25) is 5.78 Å². The predicted molar refractivity (Wildman–Crippen MR) is 163 cm³/mol. The minimum absolute atomic E-state index is 0.0162. The van der Waals surface area contributed by atoms with Crippen molar-refractivity contribution in [3.63, 3.8) is 0 Å². The topological polar surface area (TPSA) is 101 Å². The van der Waals surface area contributed by atoms with Crippen LogP contribution in [0.1, 0.15) is 88.3 Å². The van der Waals surface area contributed by atoms with Gasteiger partial charge in [0.25, 0.3) is 0 Å². The van der Waals surface area contributed by atoms with Gasteiger partial charge in [-0.05, 0) is 91.5 Å². The summed E-state index contributed by atoms with van der Waals surface area (Å²) in [6.07, 6.45) is 9.76. The van der Waals surface area contributed by atoms with Crippen LogP contribution in [0.3, 0.4) is 0 Å². The molecule has 0 radical (unpaired) electrons. The maximum atomic E-state index is 14.1. The number of unbranched alkanes of at least 4 members (excludes halogenated alkanes) is 1. The fraction of sp³-hybridized carbons (Fsp3) is 0.472. The van der Waals surface area contributed by atoms with Crippen LogP contribution in [0.5, 0.6) is 0 Å². The molecule has 5 aliphatic carbocycles. The number of carboxylic acid groups (broad SMARTS) is 1. The van der Waals surface area contributed by atoms with Crippen molar-refractivity contribution in [1.29, 1.82) is 0 Å². The third-order valence-corrected chi connectivity index (χ3v) is 9.40. The van der Waals surface area contributed by atoms with Crippen LogP contribution in [-0.4, -0.2) is 34.5 Å². The average molecular weight is 571 g/mol. The van der Waals surface area contributed by atoms with Gasteiger partial charge in [-0.25, -0.2) is 0 Å². The Bertz CT molecular complexity index is 1460. The monoisotopic (exact) mass is 570 g/mol. The molecule has 0 saturated heterocycles. The van der Waals surface area contributed by atoms with Gasteiger partial charge in [0.15, 0.2) is 0 Å². The van der Waals surface area contributed by atoms with Gasteiger partial charge < -0.3 is 14.9 Å². The molecule has 0 spiro atoms. The predicted octanol–water partition coefficient (Wildman–Crippen LogP) is 7.77. The number of carbonyl (C=O) groups excluding carboxylic acids is 2. The number of aliphatic carboxylic acids is 1. The zero-order valence-corrected chi connectivity index (χ0v) is 25.0. The number of allylic oxidation sites excluding steroid dienone is 5. The van der Waals surface area contributed by atoms with E-state index < -0.39 is 5.97 Å². The number of hydrogen-bond donors (Lipinski definition) is 2. The van der Waals surface area contributed by atoms with E-state index in [1.165, 1.54) is 0 Å². The van der Waals surface area contributed by atoms with E-state index in [1.54, 1.807) is 0 Å². The number of fused-ring (bicyclic) bond motifs is 2. The van der Waals surface area contributed by atoms with Crippen molar-refractivity contribution in [1.82, 2.24) is 0 Å². The number of aliphatic hydroxyl groups is 1. The summed E-state index contributed by atoms with van der Waals surface area (Å²) in [5.74, 6) is -0.514. The molecular weight excluding hydrogens is 528 g/mol. The molecule has 5 rings (SSSR count). The van der Waals surface area contributed by atoms with Gasteiger partial charge >= 0.3 is 11.9 Å². The van der Waals surface area contributed by atoms with Gasteiger partial charge in [0.1, 0.15) is 5.76 Å². The maximum absolute atomic E-state index is 14.1. The Balaban J connectivity index is 1.52. The van der Waals surface area contributed by atoms with E-state index in [2.05, 4.69) is 13.0 Å². The van der Waals surface area contributed by atoms with E-state index in [0.717, 1.165) is 71.9 Å². The lowest BCUT2D eigenvalue weighted by Gasteiger charge is -2.32. The molecule has 0 aromatic heterocycles. The molecule has 3 unspecified atom stereocenters. The van der Waals surface area contributed by atoms with Crippen molar-refractivity contribution in [2.24, 2.45) is 17.8 Å². The summed E-state index contributed by atoms with van der Waals surface area (Å²) in [6, 6.07) is 9.68. The SMILES string of the molecule is CCCCOC(=O)CCC1CCCCC2C=C(C)/C(=C3/C(=O)C(c4c(C)cc5ccccc(CCC(=O)O)c4-5)=C3O)C21. The Morgan fingerprint density at radius 3 is 2.52 bits per heavy atom. The highest BCUT2D eigenvalue weighted by atomic mass is 16.5. The van der Waals surface area contributed by atoms with Crippen molar-refractivity contribution >= 4 is 23.3 Å². The molecule has 5 aliphatic rings. The molecule has 222 valence electrons. The lowest BCUT2D eigenvalue weighted by Crippen LogP contribution is -2.28. The Morgan fingerprint density at radius 1 is 1.02 bits per heavy atom. The molecule has 6 nitrogen and oxygen atoms in total. The normalized spacial score (nSPS) is 23.8. The molecule has 0 aromatic carbocycles. The van der Waals surface area contributed by atoms with Gasteiger partial charge in [0.05, 0.1) is 17.8 Å². The van der Waals surface area contributed by atoms with Gasteiger partial charge in [-0.3, -0.25) is 14.4 Å². The Morgan fingerprint density at radius 2 is 1.79 bits per heavy atom. The number of ketones is 1. The minimum Gasteiger partial charge on any atom is -0.506 e. The highest BCUT2D eigenvalue weighted by molar-refractivity contribution is 6.40. The van der Waals surface area contributed by atoms with Gasteiger partial charge in [-0.15, -0.1) is 0 Å². The van der Waals surface area contributed by atoms with E-state index in [1.807, 2.05) is 44.2 Å². The first-order valence-electron chi connectivity index (χ1n) is 15.5. The summed E-state index contributed by atoms with van der Waals surface area (Å²) in [5.41, 5.74) is 6.95. The first kappa shape index (κ1) is 29.8. The highest BCUT2D eigenvalue weighted by Crippen LogP contribution is 2.54. The third-order valence-electron chi connectivity index (χ3n) is 9.40. The van der Waals surface area contributed by atoms with Gasteiger partial charge in [-0.1, -0.05) is 68.2 Å². The van der Waals surface area contributed by atoms with E-state index in [4.69, 9.17) is 4.74 Å². The molecule has 0 aliphatic heterocycles. The molecule has 0 bridgehead atoms. The minimum atomic E-state index is -0.876. The molecule has 2 N–H and O–H groups in total. The molecule has 1 fully saturated rings. The van der Waals surface area contributed by atoms with Crippen LogP contribution >= 0.6 is 0 Å². The Kier molecular flexibility index (Phi) is 9.00. The number of ether oxygens (including phenoxy) is 1. The standard InChI is InChI=1S/C36H42O6/c1-4-5-18-42-28(39)17-15-24-11-7-9-13-26-20-22(3)30(32(24)26)34-35(40)33(36(34)41)29-21(2)19-25-12-8-6-10-23(31(25)29)14-16-27(37)38/h6,8,10,12,19-20,24,26,32,40H,4-5,7,9,11,13-18H2,1-3H3,(H,37,38)/b34-30-. The van der Waals surface area contributed by atoms with E-state index in [9.17, 15) is 24.6 Å². The summed E-state index contributed by atoms with van der Waals surface area (Å²) in [4.78, 5) is 37.9. The van der Waals surface area contributed by atoms with Crippen molar-refractivity contribution in [2.75, 3.05) is 6.61 Å². The second kappa shape index (κ2) is 12.7. The first-order chi connectivity index (χ1) is 20.2. The van der Waals surface area contributed by atoms with Crippen LogP contribution < -0.4 is 0 Å². The van der Waals surface area contributed by atoms with Crippen LogP contribution in [0.15, 0.2) is 58.9 Å². The Labute approximate surface area is 248 Å². The summed E-state index contributed by atoms with van der Waals surface area (Å²) in [5, 5.41) is 21.0. The Hall–Kier alpha value is -3.67. The van der Waals surface area contributed by atoms with Crippen LogP contribution in [0.4, 0.5) is 0 Å². The molecule has 3 atom stereocenters. The van der Waals surface area contributed by atoms with Crippen LogP contribution in [0, 0.1) is 24.7 Å². The number of carboxylic acids is 1. The number of aliphatic hydroxyl groups excluding tert-OH is 1. The van der Waals surface area contributed by atoms with Crippen molar-refractivity contribution < 1.29 is 29.3 Å². The van der Waals surface area contributed by atoms with Crippen LogP contribution in [0.25, 0.3) is 16.7 Å². The zero-order chi connectivity index (χ0) is 30.0. The molecule has 0 aromatic rings. The van der Waals surface area contributed by atoms with Gasteiger partial charge in [-0.2, -0.15) is 0 Å². The maximum Gasteiger partial charge on any atom is 0.305 e. The average Bonchev–Trinajstić information content (AvgIpc) is 3.24. The largest absolute Gasteiger partial charge is 0.506 e. The van der Waals surface area contributed by atoms with Crippen LogP contribution in [0.2, 0.25) is 0 Å². The zero-order valence-electron chi connectivity index (χ0n) is 25.0. The number of hydrogen-bond acceptors (Lipinski definition) is 5. The molecule has 0 amide bonds. The smallest absolute Gasteiger partial charge is 0.305 e. The molecule has 0 heterocycles. The molecule has 42 heavy (non-hydrogen) atoms. The molecular formula is C36H42O6.